The molecule has 0 bridgehead atoms. The molecule has 4 aliphatic heterocycles. The highest BCUT2D eigenvalue weighted by atomic mass is 32.2. The van der Waals surface area contributed by atoms with Crippen molar-refractivity contribution >= 4 is 38.0 Å². The van der Waals surface area contributed by atoms with Crippen molar-refractivity contribution in [1.29, 1.82) is 0 Å². The first-order chi connectivity index (χ1) is 25.1. The summed E-state index contributed by atoms with van der Waals surface area (Å²) in [5, 5.41) is 2.37. The molecule has 10 heteroatoms. The van der Waals surface area contributed by atoms with Gasteiger partial charge in [0.1, 0.15) is 0 Å². The van der Waals surface area contributed by atoms with Crippen molar-refractivity contribution < 1.29 is 36.5 Å². The topological polar surface area (TPSA) is 97.5 Å². The second kappa shape index (κ2) is 15.5. The van der Waals surface area contributed by atoms with Gasteiger partial charge in [-0.3, -0.25) is 4.55 Å². The van der Waals surface area contributed by atoms with Crippen molar-refractivity contribution in [2.45, 2.75) is 89.1 Å². The van der Waals surface area contributed by atoms with Crippen LogP contribution in [0, 0.1) is 0 Å². The summed E-state index contributed by atoms with van der Waals surface area (Å²) in [6.07, 6.45) is 11.7. The highest BCUT2D eigenvalue weighted by Crippen LogP contribution is 2.51. The van der Waals surface area contributed by atoms with E-state index in [0.29, 0.717) is 52.2 Å². The molecule has 52 heavy (non-hydrogen) atoms. The lowest BCUT2D eigenvalue weighted by atomic mass is 9.73. The maximum absolute atomic E-state index is 11.7. The van der Waals surface area contributed by atoms with Crippen LogP contribution in [-0.4, -0.2) is 81.1 Å². The predicted molar refractivity (Wildman–Crippen MR) is 205 cm³/mol. The fourth-order valence-electron chi connectivity index (χ4n) is 9.02. The summed E-state index contributed by atoms with van der Waals surface area (Å²) >= 11 is 0. The van der Waals surface area contributed by atoms with E-state index in [4.69, 9.17) is 18.9 Å². The summed E-state index contributed by atoms with van der Waals surface area (Å²) in [6, 6.07) is 21.7. The number of hydrogen-bond acceptors (Lipinski definition) is 7. The minimum atomic E-state index is -4.04. The molecule has 4 aliphatic rings. The SMILES string of the molecule is CCCC1(C)/C(=C\C=C\C2=[N+](CCC3OCCO3)c3ccc4ccccc4c3C2(C)CCCCS(=O)(=O)O)N(CCC2OCCO2)c2ccccc21. The fourth-order valence-corrected chi connectivity index (χ4v) is 9.59. The van der Waals surface area contributed by atoms with Crippen molar-refractivity contribution in [1.82, 2.24) is 0 Å². The highest BCUT2D eigenvalue weighted by Gasteiger charge is 2.49. The van der Waals surface area contributed by atoms with Crippen LogP contribution in [0.3, 0.4) is 0 Å². The number of para-hydroxylation sites is 1. The lowest BCUT2D eigenvalue weighted by Crippen LogP contribution is -2.32. The minimum absolute atomic E-state index is 0.164. The third kappa shape index (κ3) is 7.39. The molecule has 9 nitrogen and oxygen atoms in total. The molecule has 0 aliphatic carbocycles. The molecule has 3 aromatic rings. The average molecular weight is 730 g/mol. The van der Waals surface area contributed by atoms with Gasteiger partial charge in [-0.25, -0.2) is 0 Å². The van der Waals surface area contributed by atoms with Crippen LogP contribution in [0.2, 0.25) is 0 Å². The number of anilines is 1. The fraction of sp³-hybridized carbons (Fsp3) is 0.500. The number of benzene rings is 3. The molecule has 2 fully saturated rings. The van der Waals surface area contributed by atoms with Crippen molar-refractivity contribution in [3.63, 3.8) is 0 Å². The molecule has 0 aromatic heterocycles. The molecule has 0 radical (unpaired) electrons. The van der Waals surface area contributed by atoms with Crippen LogP contribution in [0.25, 0.3) is 10.8 Å². The van der Waals surface area contributed by atoms with Gasteiger partial charge in [-0.15, -0.1) is 0 Å². The number of nitrogens with zero attached hydrogens (tertiary/aromatic N) is 2. The van der Waals surface area contributed by atoms with Crippen molar-refractivity contribution in [3.8, 4) is 0 Å². The Hall–Kier alpha value is -3.38. The van der Waals surface area contributed by atoms with Gasteiger partial charge in [0.2, 0.25) is 5.69 Å². The van der Waals surface area contributed by atoms with Crippen molar-refractivity contribution in [3.05, 3.63) is 95.7 Å². The zero-order chi connectivity index (χ0) is 36.3. The Labute approximate surface area is 308 Å². The molecule has 278 valence electrons. The number of hydrogen-bond donors (Lipinski definition) is 1. The lowest BCUT2D eigenvalue weighted by molar-refractivity contribution is -0.442. The molecule has 2 saturated heterocycles. The zero-order valence-corrected chi connectivity index (χ0v) is 31.6. The summed E-state index contributed by atoms with van der Waals surface area (Å²) in [7, 11) is -4.04. The van der Waals surface area contributed by atoms with Crippen molar-refractivity contribution in [2.24, 2.45) is 0 Å². The van der Waals surface area contributed by atoms with Crippen molar-refractivity contribution in [2.75, 3.05) is 50.2 Å². The van der Waals surface area contributed by atoms with Crippen LogP contribution >= 0.6 is 0 Å². The van der Waals surface area contributed by atoms with Gasteiger partial charge in [0.15, 0.2) is 24.8 Å². The first kappa shape index (κ1) is 37.0. The molecule has 2 atom stereocenters. The summed E-state index contributed by atoms with van der Waals surface area (Å²) in [5.74, 6) is -0.244. The monoisotopic (exact) mass is 729 g/mol. The maximum atomic E-state index is 11.7. The minimum Gasteiger partial charge on any atom is -0.350 e. The number of allylic oxidation sites excluding steroid dienone is 4. The second-order valence-electron chi connectivity index (χ2n) is 14.9. The highest BCUT2D eigenvalue weighted by molar-refractivity contribution is 7.85. The van der Waals surface area contributed by atoms with Crippen LogP contribution in [0.1, 0.15) is 76.8 Å². The molecule has 7 rings (SSSR count). The Bertz CT molecular complexity index is 1960. The Morgan fingerprint density at radius 1 is 0.865 bits per heavy atom. The Kier molecular flexibility index (Phi) is 11.0. The van der Waals surface area contributed by atoms with E-state index in [-0.39, 0.29) is 23.7 Å². The zero-order valence-electron chi connectivity index (χ0n) is 30.8. The molecule has 0 spiro atoms. The van der Waals surface area contributed by atoms with Gasteiger partial charge in [0, 0.05) is 47.5 Å². The summed E-state index contributed by atoms with van der Waals surface area (Å²) < 4.78 is 58.8. The van der Waals surface area contributed by atoms with E-state index in [1.807, 2.05) is 0 Å². The molecule has 0 saturated carbocycles. The number of rotatable bonds is 15. The van der Waals surface area contributed by atoms with Gasteiger partial charge in [-0.1, -0.05) is 68.3 Å². The van der Waals surface area contributed by atoms with Gasteiger partial charge in [-0.2, -0.15) is 13.0 Å². The summed E-state index contributed by atoms with van der Waals surface area (Å²) in [4.78, 5) is 2.46. The standard InChI is InChI=1S/C42H52N2O7S/c1-4-22-41(2)33-14-7-8-15-34(33)43(24-20-38-48-26-27-49-38)36(41)16-11-17-37-42(3,23-9-10-30-52(45,46)47)40-32-13-6-5-12-31(32)18-19-35(40)44(37)25-21-39-50-28-29-51-39/h5-8,11-19,38-39H,4,9-10,20-30H2,1-3H3/p+1. The van der Waals surface area contributed by atoms with Crippen LogP contribution in [-0.2, 0) is 39.9 Å². The van der Waals surface area contributed by atoms with Crippen LogP contribution in [0.4, 0.5) is 11.4 Å². The van der Waals surface area contributed by atoms with E-state index in [2.05, 4.69) is 109 Å². The van der Waals surface area contributed by atoms with Gasteiger partial charge in [-0.05, 0) is 67.7 Å². The largest absolute Gasteiger partial charge is 0.350 e. The Balaban J connectivity index is 1.31. The molecule has 0 amide bonds. The number of unbranched alkanes of at least 4 members (excludes halogenated alkanes) is 1. The van der Waals surface area contributed by atoms with E-state index in [0.717, 1.165) is 43.6 Å². The number of fused-ring (bicyclic) bond motifs is 4. The summed E-state index contributed by atoms with van der Waals surface area (Å²) in [6.45, 7) is 10.9. The van der Waals surface area contributed by atoms with Gasteiger partial charge >= 0.3 is 0 Å². The first-order valence-electron chi connectivity index (χ1n) is 19.0. The van der Waals surface area contributed by atoms with Crippen LogP contribution in [0.5, 0.6) is 0 Å². The molecule has 1 N–H and O–H groups in total. The van der Waals surface area contributed by atoms with Crippen LogP contribution < -0.4 is 4.90 Å². The third-order valence-corrected chi connectivity index (χ3v) is 12.2. The van der Waals surface area contributed by atoms with Gasteiger partial charge in [0.05, 0.1) is 44.0 Å². The molecular weight excluding hydrogens is 677 g/mol. The van der Waals surface area contributed by atoms with E-state index < -0.39 is 15.5 Å². The summed E-state index contributed by atoms with van der Waals surface area (Å²) in [5.41, 5.74) is 6.83. The second-order valence-corrected chi connectivity index (χ2v) is 16.4. The number of ether oxygens (including phenoxy) is 4. The molecule has 4 heterocycles. The predicted octanol–water partition coefficient (Wildman–Crippen LogP) is 7.80. The molecular formula is C42H53N2O7S+. The lowest BCUT2D eigenvalue weighted by Gasteiger charge is -2.30. The van der Waals surface area contributed by atoms with E-state index >= 15 is 0 Å². The smallest absolute Gasteiger partial charge is 0.264 e. The van der Waals surface area contributed by atoms with E-state index in [1.54, 1.807) is 0 Å². The normalized spacial score (nSPS) is 24.7. The third-order valence-electron chi connectivity index (χ3n) is 11.4. The van der Waals surface area contributed by atoms with E-state index in [9.17, 15) is 13.0 Å². The Morgan fingerprint density at radius 2 is 1.56 bits per heavy atom. The van der Waals surface area contributed by atoms with Crippen LogP contribution in [0.15, 0.2) is 84.6 Å². The first-order valence-corrected chi connectivity index (χ1v) is 20.6. The van der Waals surface area contributed by atoms with Gasteiger partial charge < -0.3 is 23.8 Å². The maximum Gasteiger partial charge on any atom is 0.264 e. The average Bonchev–Trinajstić information content (AvgIpc) is 3.93. The quantitative estimate of drug-likeness (QED) is 0.0962. The van der Waals surface area contributed by atoms with E-state index in [1.165, 1.54) is 33.3 Å². The Morgan fingerprint density at radius 3 is 2.29 bits per heavy atom. The van der Waals surface area contributed by atoms with Gasteiger partial charge in [0.25, 0.3) is 10.1 Å². The molecule has 2 unspecified atom stereocenters. The molecule has 3 aromatic carbocycles.